The van der Waals surface area contributed by atoms with E-state index in [1.165, 1.54) is 0 Å². The molecule has 1 rings (SSSR count). The zero-order valence-electron chi connectivity index (χ0n) is 6.81. The van der Waals surface area contributed by atoms with Gasteiger partial charge in [0.1, 0.15) is 0 Å². The first-order valence-corrected chi connectivity index (χ1v) is 6.54. The van der Waals surface area contributed by atoms with Gasteiger partial charge in [0.05, 0.1) is 9.92 Å². The Kier molecular flexibility index (Phi) is 3.83. The molecule has 0 aromatic heterocycles. The maximum atomic E-state index is 10.8. The highest BCUT2D eigenvalue weighted by Crippen LogP contribution is 2.45. The Morgan fingerprint density at radius 1 is 1.54 bits per heavy atom. The van der Waals surface area contributed by atoms with Gasteiger partial charge in [-0.3, -0.25) is 4.57 Å². The van der Waals surface area contributed by atoms with Gasteiger partial charge in [0, 0.05) is 18.7 Å². The molecule has 1 aromatic carbocycles. The molecule has 0 saturated carbocycles. The minimum atomic E-state index is -3.45. The molecule has 6 heteroatoms. The van der Waals surface area contributed by atoms with Crippen LogP contribution in [0.25, 0.3) is 0 Å². The van der Waals surface area contributed by atoms with Gasteiger partial charge in [-0.15, -0.1) is 0 Å². The zero-order chi connectivity index (χ0) is 9.90. The summed E-state index contributed by atoms with van der Waals surface area (Å²) in [5.41, 5.74) is 0. The molecule has 1 atom stereocenters. The number of halogens is 1. The third-order valence-electron chi connectivity index (χ3n) is 1.10. The Morgan fingerprint density at radius 2 is 2.15 bits per heavy atom. The molecule has 0 aliphatic rings. The summed E-state index contributed by atoms with van der Waals surface area (Å²) in [4.78, 5) is 9.46. The average molecular weight is 239 g/mol. The van der Waals surface area contributed by atoms with E-state index < -0.39 is 7.60 Å². The van der Waals surface area contributed by atoms with Crippen LogP contribution in [0.1, 0.15) is 0 Å². The fourth-order valence-corrected chi connectivity index (χ4v) is 2.01. The van der Waals surface area contributed by atoms with Crippen molar-refractivity contribution in [1.29, 1.82) is 0 Å². The molecule has 1 unspecified atom stereocenters. The van der Waals surface area contributed by atoms with Gasteiger partial charge in [-0.25, -0.2) is 3.97 Å². The molecule has 0 saturated heterocycles. The van der Waals surface area contributed by atoms with Crippen molar-refractivity contribution < 1.29 is 13.4 Å². The fraction of sp³-hybridized carbons (Fsp3) is 0.143. The third kappa shape index (κ3) is 4.16. The van der Waals surface area contributed by atoms with E-state index in [1.807, 2.05) is 0 Å². The zero-order valence-corrected chi connectivity index (χ0v) is 9.27. The predicted molar refractivity (Wildman–Crippen MR) is 54.1 cm³/mol. The van der Waals surface area contributed by atoms with Crippen LogP contribution < -0.4 is 0 Å². The van der Waals surface area contributed by atoms with Crippen LogP contribution in [-0.4, -0.2) is 11.6 Å². The maximum Gasteiger partial charge on any atom is 0.336 e. The Bertz CT molecular complexity index is 338. The van der Waals surface area contributed by atoms with Crippen LogP contribution in [0.3, 0.4) is 0 Å². The van der Waals surface area contributed by atoms with Gasteiger partial charge in [-0.2, -0.15) is 0 Å². The first-order chi connectivity index (χ1) is 5.99. The van der Waals surface area contributed by atoms with Crippen molar-refractivity contribution in [3.05, 3.63) is 29.3 Å². The van der Waals surface area contributed by atoms with Crippen molar-refractivity contribution in [2.45, 2.75) is 4.90 Å². The monoisotopic (exact) mass is 238 g/mol. The van der Waals surface area contributed by atoms with E-state index in [0.717, 1.165) is 18.7 Å². The first-order valence-electron chi connectivity index (χ1n) is 3.40. The van der Waals surface area contributed by atoms with Crippen LogP contribution in [0.2, 0.25) is 5.02 Å². The summed E-state index contributed by atoms with van der Waals surface area (Å²) in [6.45, 7) is 1.12. The number of hydrogen-bond donors (Lipinski definition) is 1. The Hall–Kier alpha value is 0.01000. The molecule has 0 aliphatic carbocycles. The predicted octanol–water partition coefficient (Wildman–Crippen LogP) is 3.18. The molecule has 0 fully saturated rings. The smallest absolute Gasteiger partial charge is 0.324 e. The topological polar surface area (TPSA) is 46.5 Å². The van der Waals surface area contributed by atoms with E-state index >= 15 is 0 Å². The van der Waals surface area contributed by atoms with Gasteiger partial charge >= 0.3 is 7.60 Å². The summed E-state index contributed by atoms with van der Waals surface area (Å²) < 4.78 is 15.4. The molecule has 1 N–H and O–H groups in total. The molecular formula is C7H8ClO3PS. The highest BCUT2D eigenvalue weighted by atomic mass is 35.5. The highest BCUT2D eigenvalue weighted by Gasteiger charge is 2.12. The lowest BCUT2D eigenvalue weighted by molar-refractivity contribution is 0.409. The highest BCUT2D eigenvalue weighted by molar-refractivity contribution is 7.98. The Balaban J connectivity index is 2.65. The van der Waals surface area contributed by atoms with Gasteiger partial charge in [-0.05, 0) is 12.1 Å². The minimum Gasteiger partial charge on any atom is -0.324 e. The van der Waals surface area contributed by atoms with Crippen LogP contribution in [0.4, 0.5) is 0 Å². The summed E-state index contributed by atoms with van der Waals surface area (Å²) in [7, 11) is -3.45. The Morgan fingerprint density at radius 3 is 2.69 bits per heavy atom. The van der Waals surface area contributed by atoms with E-state index in [-0.39, 0.29) is 0 Å². The molecule has 0 bridgehead atoms. The fourth-order valence-electron chi connectivity index (χ4n) is 0.622. The summed E-state index contributed by atoms with van der Waals surface area (Å²) >= 11 is 6.59. The van der Waals surface area contributed by atoms with Gasteiger partial charge < -0.3 is 4.89 Å². The van der Waals surface area contributed by atoms with E-state index in [4.69, 9.17) is 16.5 Å². The lowest BCUT2D eigenvalue weighted by Crippen LogP contribution is -1.78. The SMILES string of the molecule is CP(=O)(O)OSc1ccccc1Cl. The third-order valence-corrected chi connectivity index (χ3v) is 3.48. The van der Waals surface area contributed by atoms with Crippen molar-refractivity contribution in [1.82, 2.24) is 0 Å². The lowest BCUT2D eigenvalue weighted by Gasteiger charge is -2.05. The molecule has 0 aliphatic heterocycles. The molecule has 13 heavy (non-hydrogen) atoms. The van der Waals surface area contributed by atoms with Crippen molar-refractivity contribution in [3.8, 4) is 0 Å². The van der Waals surface area contributed by atoms with E-state index in [9.17, 15) is 4.57 Å². The van der Waals surface area contributed by atoms with Crippen LogP contribution >= 0.6 is 31.2 Å². The summed E-state index contributed by atoms with van der Waals surface area (Å²) in [6, 6.07) is 6.94. The first kappa shape index (κ1) is 11.1. The van der Waals surface area contributed by atoms with Gasteiger partial charge in [0.25, 0.3) is 0 Å². The van der Waals surface area contributed by atoms with Crippen LogP contribution in [0, 0.1) is 0 Å². The second-order valence-electron chi connectivity index (χ2n) is 2.39. The van der Waals surface area contributed by atoms with E-state index in [1.54, 1.807) is 24.3 Å². The van der Waals surface area contributed by atoms with E-state index in [0.29, 0.717) is 9.92 Å². The summed E-state index contributed by atoms with van der Waals surface area (Å²) in [5.74, 6) is 0. The number of hydrogen-bond acceptors (Lipinski definition) is 3. The molecule has 3 nitrogen and oxygen atoms in total. The molecule has 0 amide bonds. The largest absolute Gasteiger partial charge is 0.336 e. The second kappa shape index (κ2) is 4.49. The molecule has 1 aromatic rings. The van der Waals surface area contributed by atoms with Gasteiger partial charge in [0.2, 0.25) is 0 Å². The normalized spacial score (nSPS) is 15.3. The minimum absolute atomic E-state index is 0.501. The summed E-state index contributed by atoms with van der Waals surface area (Å²) in [5, 5.41) is 0.501. The lowest BCUT2D eigenvalue weighted by atomic mass is 10.4. The molecule has 0 heterocycles. The maximum absolute atomic E-state index is 10.8. The number of rotatable bonds is 3. The second-order valence-corrected chi connectivity index (χ2v) is 5.61. The molecular weight excluding hydrogens is 231 g/mol. The van der Waals surface area contributed by atoms with Crippen LogP contribution in [-0.2, 0) is 8.54 Å². The van der Waals surface area contributed by atoms with Crippen molar-refractivity contribution >= 4 is 31.2 Å². The summed E-state index contributed by atoms with van der Waals surface area (Å²) in [6.07, 6.45) is 0. The van der Waals surface area contributed by atoms with Gasteiger partial charge in [0.15, 0.2) is 0 Å². The van der Waals surface area contributed by atoms with E-state index in [2.05, 4.69) is 3.97 Å². The molecule has 72 valence electrons. The van der Waals surface area contributed by atoms with Gasteiger partial charge in [-0.1, -0.05) is 23.7 Å². The van der Waals surface area contributed by atoms with Crippen molar-refractivity contribution in [2.24, 2.45) is 0 Å². The number of benzene rings is 1. The standard InChI is InChI=1S/C7H8ClO3PS/c1-12(9,10)11-13-7-5-3-2-4-6(7)8/h2-5H,1H3,(H,9,10). The van der Waals surface area contributed by atoms with Crippen LogP contribution in [0.15, 0.2) is 29.2 Å². The van der Waals surface area contributed by atoms with Crippen molar-refractivity contribution in [2.75, 3.05) is 6.66 Å². The van der Waals surface area contributed by atoms with Crippen molar-refractivity contribution in [3.63, 3.8) is 0 Å². The quantitative estimate of drug-likeness (QED) is 0.649. The Labute approximate surface area is 85.8 Å². The molecule has 0 radical (unpaired) electrons. The average Bonchev–Trinajstić information content (AvgIpc) is 2.01. The molecule has 0 spiro atoms. The van der Waals surface area contributed by atoms with Crippen LogP contribution in [0.5, 0.6) is 0 Å².